The van der Waals surface area contributed by atoms with Crippen molar-refractivity contribution in [3.63, 3.8) is 0 Å². The minimum absolute atomic E-state index is 1.17. The van der Waals surface area contributed by atoms with Crippen molar-refractivity contribution in [3.8, 4) is 0 Å². The summed E-state index contributed by atoms with van der Waals surface area (Å²) in [6.07, 6.45) is 11.5. The molecule has 0 aliphatic rings. The van der Waals surface area contributed by atoms with Crippen molar-refractivity contribution in [1.29, 1.82) is 0 Å². The van der Waals surface area contributed by atoms with Crippen LogP contribution >= 0.6 is 0 Å². The summed E-state index contributed by atoms with van der Waals surface area (Å²) in [5.41, 5.74) is 2.96. The lowest BCUT2D eigenvalue weighted by Gasteiger charge is -2.03. The van der Waals surface area contributed by atoms with Crippen molar-refractivity contribution in [2.24, 2.45) is 0 Å². The van der Waals surface area contributed by atoms with Gasteiger partial charge >= 0.3 is 0 Å². The molecule has 0 N–H and O–H groups in total. The Morgan fingerprint density at radius 2 is 1.63 bits per heavy atom. The summed E-state index contributed by atoms with van der Waals surface area (Å²) in [6.45, 7) is 5.71. The molecule has 104 valence electrons. The topological polar surface area (TPSA) is 4.93 Å². The fourth-order valence-corrected chi connectivity index (χ4v) is 2.80. The molecule has 1 nitrogen and oxygen atoms in total. The number of benzene rings is 1. The normalized spacial score (nSPS) is 11.3. The molecule has 1 heteroatoms. The van der Waals surface area contributed by atoms with Crippen molar-refractivity contribution < 1.29 is 0 Å². The summed E-state index contributed by atoms with van der Waals surface area (Å²) in [5, 5.41) is 1.47. The van der Waals surface area contributed by atoms with Crippen LogP contribution in [0.25, 0.3) is 10.9 Å². The van der Waals surface area contributed by atoms with E-state index in [4.69, 9.17) is 0 Å². The van der Waals surface area contributed by atoms with Crippen LogP contribution in [0.15, 0.2) is 30.5 Å². The number of hydrogen-bond acceptors (Lipinski definition) is 0. The van der Waals surface area contributed by atoms with E-state index in [0.717, 1.165) is 0 Å². The molecule has 0 saturated heterocycles. The third kappa shape index (κ3) is 3.62. The summed E-state index contributed by atoms with van der Waals surface area (Å²) in [5.74, 6) is 0. The highest BCUT2D eigenvalue weighted by molar-refractivity contribution is 5.83. The zero-order chi connectivity index (χ0) is 13.5. The van der Waals surface area contributed by atoms with E-state index in [1.807, 2.05) is 0 Å². The standard InChI is InChI=1S/C18H27N/c1-3-5-7-11-16-15-19(14-10-6-4-2)18-13-9-8-12-17(16)18/h8-9,12-13,15H,3-7,10-11,14H2,1-2H3. The highest BCUT2D eigenvalue weighted by atomic mass is 15.0. The maximum absolute atomic E-state index is 2.46. The van der Waals surface area contributed by atoms with Gasteiger partial charge in [-0.25, -0.2) is 0 Å². The van der Waals surface area contributed by atoms with E-state index in [1.54, 1.807) is 5.56 Å². The van der Waals surface area contributed by atoms with E-state index in [-0.39, 0.29) is 0 Å². The first-order valence-corrected chi connectivity index (χ1v) is 7.93. The second-order valence-corrected chi connectivity index (χ2v) is 5.53. The van der Waals surface area contributed by atoms with Gasteiger partial charge in [-0.15, -0.1) is 0 Å². The van der Waals surface area contributed by atoms with E-state index in [1.165, 1.54) is 62.4 Å². The predicted molar refractivity (Wildman–Crippen MR) is 84.7 cm³/mol. The van der Waals surface area contributed by atoms with Crippen molar-refractivity contribution in [2.45, 2.75) is 65.3 Å². The first kappa shape index (κ1) is 14.2. The lowest BCUT2D eigenvalue weighted by Crippen LogP contribution is -1.95. The molecule has 0 amide bonds. The molecule has 2 aromatic rings. The van der Waals surface area contributed by atoms with Crippen LogP contribution in [0.1, 0.15) is 57.9 Å². The molecule has 0 aliphatic heterocycles. The molecule has 2 rings (SSSR count). The first-order valence-electron chi connectivity index (χ1n) is 7.93. The largest absolute Gasteiger partial charge is 0.347 e. The van der Waals surface area contributed by atoms with Crippen molar-refractivity contribution in [2.75, 3.05) is 0 Å². The number of hydrogen-bond donors (Lipinski definition) is 0. The number of nitrogens with zero attached hydrogens (tertiary/aromatic N) is 1. The Bertz CT molecular complexity index is 451. The third-order valence-electron chi connectivity index (χ3n) is 3.92. The van der Waals surface area contributed by atoms with Crippen LogP contribution in [-0.2, 0) is 13.0 Å². The van der Waals surface area contributed by atoms with Gasteiger partial charge in [0.05, 0.1) is 0 Å². The van der Waals surface area contributed by atoms with Crippen LogP contribution in [0.3, 0.4) is 0 Å². The van der Waals surface area contributed by atoms with Gasteiger partial charge in [0.25, 0.3) is 0 Å². The smallest absolute Gasteiger partial charge is 0.0483 e. The summed E-state index contributed by atoms with van der Waals surface area (Å²) in [7, 11) is 0. The molecule has 0 fully saturated rings. The Kier molecular flexibility index (Phi) is 5.50. The Balaban J connectivity index is 2.16. The number of fused-ring (bicyclic) bond motifs is 1. The van der Waals surface area contributed by atoms with Crippen molar-refractivity contribution in [3.05, 3.63) is 36.0 Å². The third-order valence-corrected chi connectivity index (χ3v) is 3.92. The number of aryl methyl sites for hydroxylation is 2. The van der Waals surface area contributed by atoms with Gasteiger partial charge in [-0.1, -0.05) is 57.7 Å². The molecule has 0 aliphatic carbocycles. The van der Waals surface area contributed by atoms with E-state index >= 15 is 0 Å². The van der Waals surface area contributed by atoms with Crippen molar-refractivity contribution >= 4 is 10.9 Å². The maximum Gasteiger partial charge on any atom is 0.0483 e. The van der Waals surface area contributed by atoms with Crippen LogP contribution < -0.4 is 0 Å². The molecule has 0 unspecified atom stereocenters. The fraction of sp³-hybridized carbons (Fsp3) is 0.556. The highest BCUT2D eigenvalue weighted by Crippen LogP contribution is 2.23. The lowest BCUT2D eigenvalue weighted by atomic mass is 10.1. The van der Waals surface area contributed by atoms with Crippen LogP contribution in [0.2, 0.25) is 0 Å². The van der Waals surface area contributed by atoms with Crippen LogP contribution in [0.4, 0.5) is 0 Å². The van der Waals surface area contributed by atoms with Gasteiger partial charge in [-0.3, -0.25) is 0 Å². The second-order valence-electron chi connectivity index (χ2n) is 5.53. The minimum Gasteiger partial charge on any atom is -0.347 e. The quantitative estimate of drug-likeness (QED) is 0.545. The van der Waals surface area contributed by atoms with Gasteiger partial charge < -0.3 is 4.57 Å². The number of aromatic nitrogens is 1. The second kappa shape index (κ2) is 7.37. The molecule has 0 bridgehead atoms. The van der Waals surface area contributed by atoms with Crippen molar-refractivity contribution in [1.82, 2.24) is 4.57 Å². The van der Waals surface area contributed by atoms with Gasteiger partial charge in [0.15, 0.2) is 0 Å². The average molecular weight is 257 g/mol. The summed E-state index contributed by atoms with van der Waals surface area (Å²) >= 11 is 0. The zero-order valence-electron chi connectivity index (χ0n) is 12.5. The van der Waals surface area contributed by atoms with E-state index < -0.39 is 0 Å². The Hall–Kier alpha value is -1.24. The lowest BCUT2D eigenvalue weighted by molar-refractivity contribution is 0.614. The van der Waals surface area contributed by atoms with Gasteiger partial charge in [0.2, 0.25) is 0 Å². The number of unbranched alkanes of at least 4 members (excludes halogenated alkanes) is 4. The number of rotatable bonds is 8. The Labute approximate surface area is 117 Å². The van der Waals surface area contributed by atoms with Gasteiger partial charge in [0, 0.05) is 23.6 Å². The zero-order valence-corrected chi connectivity index (χ0v) is 12.5. The van der Waals surface area contributed by atoms with Gasteiger partial charge in [-0.05, 0) is 30.9 Å². The molecule has 0 atom stereocenters. The molecular weight excluding hydrogens is 230 g/mol. The maximum atomic E-state index is 2.46. The van der Waals surface area contributed by atoms with Gasteiger partial charge in [0.1, 0.15) is 0 Å². The van der Waals surface area contributed by atoms with Crippen LogP contribution in [0.5, 0.6) is 0 Å². The minimum atomic E-state index is 1.17. The Morgan fingerprint density at radius 1 is 0.895 bits per heavy atom. The van der Waals surface area contributed by atoms with Crippen LogP contribution in [-0.4, -0.2) is 4.57 Å². The molecule has 0 radical (unpaired) electrons. The molecule has 1 aromatic heterocycles. The summed E-state index contributed by atoms with van der Waals surface area (Å²) in [6, 6.07) is 8.88. The average Bonchev–Trinajstić information content (AvgIpc) is 2.79. The Morgan fingerprint density at radius 3 is 2.42 bits per heavy atom. The highest BCUT2D eigenvalue weighted by Gasteiger charge is 2.07. The fourth-order valence-electron chi connectivity index (χ4n) is 2.80. The monoisotopic (exact) mass is 257 g/mol. The molecule has 1 heterocycles. The molecule has 1 aromatic carbocycles. The molecule has 19 heavy (non-hydrogen) atoms. The molecule has 0 saturated carbocycles. The van der Waals surface area contributed by atoms with Crippen LogP contribution in [0, 0.1) is 0 Å². The summed E-state index contributed by atoms with van der Waals surface area (Å²) < 4.78 is 2.46. The summed E-state index contributed by atoms with van der Waals surface area (Å²) in [4.78, 5) is 0. The van der Waals surface area contributed by atoms with E-state index in [9.17, 15) is 0 Å². The number of para-hydroxylation sites is 1. The molecule has 0 spiro atoms. The van der Waals surface area contributed by atoms with E-state index in [2.05, 4.69) is 48.9 Å². The van der Waals surface area contributed by atoms with E-state index in [0.29, 0.717) is 0 Å². The molecular formula is C18H27N. The SMILES string of the molecule is CCCCCc1cn(CCCCC)c2ccccc12. The first-order chi connectivity index (χ1) is 9.36. The predicted octanol–water partition coefficient (Wildman–Crippen LogP) is 5.56. The van der Waals surface area contributed by atoms with Gasteiger partial charge in [-0.2, -0.15) is 0 Å².